The molecule has 3 rings (SSSR count). The summed E-state index contributed by atoms with van der Waals surface area (Å²) >= 11 is 0. The number of aromatic hydroxyl groups is 1. The number of ether oxygens (including phenoxy) is 2. The van der Waals surface area contributed by atoms with Crippen LogP contribution < -0.4 is 20.1 Å². The molecule has 0 aliphatic rings. The molecule has 3 aromatic rings. The molecule has 0 heterocycles. The van der Waals surface area contributed by atoms with Crippen LogP contribution >= 0.6 is 0 Å². The molecule has 0 bridgehead atoms. The molecule has 2 atom stereocenters. The molecule has 37 heavy (non-hydrogen) atoms. The lowest BCUT2D eigenvalue weighted by molar-refractivity contribution is -0.120. The van der Waals surface area contributed by atoms with Gasteiger partial charge in [0.15, 0.2) is 0 Å². The Bertz CT molecular complexity index is 1140. The monoisotopic (exact) mass is 508 g/mol. The van der Waals surface area contributed by atoms with E-state index in [9.17, 15) is 20.1 Å². The van der Waals surface area contributed by atoms with Gasteiger partial charge in [0.25, 0.3) is 0 Å². The van der Waals surface area contributed by atoms with Gasteiger partial charge in [-0.15, -0.1) is 0 Å². The maximum Gasteiger partial charge on any atom is 0.224 e. The Morgan fingerprint density at radius 1 is 0.973 bits per heavy atom. The van der Waals surface area contributed by atoms with Crippen molar-refractivity contribution in [2.75, 3.05) is 20.8 Å². The second-order valence-corrected chi connectivity index (χ2v) is 8.99. The van der Waals surface area contributed by atoms with Crippen molar-refractivity contribution >= 4 is 5.91 Å². The van der Waals surface area contributed by atoms with E-state index >= 15 is 0 Å². The third-order valence-corrected chi connectivity index (χ3v) is 6.24. The van der Waals surface area contributed by atoms with E-state index in [0.29, 0.717) is 35.7 Å². The molecule has 5 N–H and O–H groups in total. The smallest absolute Gasteiger partial charge is 0.224 e. The summed E-state index contributed by atoms with van der Waals surface area (Å²) in [4.78, 5) is 12.5. The molecular weight excluding hydrogens is 472 g/mol. The quantitative estimate of drug-likeness (QED) is 0.241. The van der Waals surface area contributed by atoms with E-state index < -0.39 is 6.10 Å². The summed E-state index contributed by atoms with van der Waals surface area (Å²) < 4.78 is 10.8. The number of rotatable bonds is 13. The fourth-order valence-electron chi connectivity index (χ4n) is 4.13. The SMILES string of the molecule is COc1cccc(OC)c1CNC(=O)Cc1ccc(C[C@@H](C)NC[C@@H](O)c2ccc(O)c(CO)c2)cc1. The van der Waals surface area contributed by atoms with E-state index in [1.54, 1.807) is 26.4 Å². The molecule has 0 radical (unpaired) electrons. The number of aliphatic hydroxyl groups excluding tert-OH is 2. The first kappa shape index (κ1) is 28.0. The van der Waals surface area contributed by atoms with E-state index in [1.807, 2.05) is 49.4 Å². The summed E-state index contributed by atoms with van der Waals surface area (Å²) in [7, 11) is 3.17. The Balaban J connectivity index is 1.46. The highest BCUT2D eigenvalue weighted by atomic mass is 16.5. The number of methoxy groups -OCH3 is 2. The Morgan fingerprint density at radius 2 is 1.62 bits per heavy atom. The Morgan fingerprint density at radius 3 is 2.24 bits per heavy atom. The van der Waals surface area contributed by atoms with Crippen LogP contribution in [0.4, 0.5) is 0 Å². The average molecular weight is 509 g/mol. The molecule has 0 aliphatic carbocycles. The number of carbonyl (C=O) groups excluding carboxylic acids is 1. The molecule has 0 spiro atoms. The second-order valence-electron chi connectivity index (χ2n) is 8.99. The number of nitrogens with one attached hydrogen (secondary N) is 2. The van der Waals surface area contributed by atoms with Gasteiger partial charge in [0.2, 0.25) is 5.91 Å². The van der Waals surface area contributed by atoms with Gasteiger partial charge in [-0.25, -0.2) is 0 Å². The molecule has 198 valence electrons. The van der Waals surface area contributed by atoms with E-state index in [4.69, 9.17) is 9.47 Å². The van der Waals surface area contributed by atoms with Gasteiger partial charge in [-0.05, 0) is 54.3 Å². The van der Waals surface area contributed by atoms with E-state index in [-0.39, 0.29) is 30.7 Å². The van der Waals surface area contributed by atoms with Gasteiger partial charge < -0.3 is 35.4 Å². The molecule has 3 aromatic carbocycles. The summed E-state index contributed by atoms with van der Waals surface area (Å²) in [5.41, 5.74) is 3.84. The lowest BCUT2D eigenvalue weighted by Gasteiger charge is -2.18. The molecule has 0 fully saturated rings. The van der Waals surface area contributed by atoms with Gasteiger partial charge >= 0.3 is 0 Å². The van der Waals surface area contributed by atoms with Gasteiger partial charge in [0.05, 0.1) is 45.5 Å². The predicted octanol–water partition coefficient (Wildman–Crippen LogP) is 3.01. The third kappa shape index (κ3) is 7.95. The van der Waals surface area contributed by atoms with Gasteiger partial charge in [-0.2, -0.15) is 0 Å². The fraction of sp³-hybridized carbons (Fsp3) is 0.345. The standard InChI is InChI=1S/C29H36N2O6/c1-19(30-17-26(34)22-11-12-25(33)23(15-22)18-32)13-20-7-9-21(10-8-20)14-29(35)31-16-24-27(36-2)5-4-6-28(24)37-3/h4-12,15,19,26,30,32-34H,13-14,16-18H2,1-3H3,(H,31,35)/t19-,26-/m1/s1. The van der Waals surface area contributed by atoms with Gasteiger partial charge in [-0.3, -0.25) is 4.79 Å². The first-order chi connectivity index (χ1) is 17.8. The molecule has 0 unspecified atom stereocenters. The first-order valence-electron chi connectivity index (χ1n) is 12.2. The lowest BCUT2D eigenvalue weighted by atomic mass is 10.0. The lowest BCUT2D eigenvalue weighted by Crippen LogP contribution is -2.32. The highest BCUT2D eigenvalue weighted by Gasteiger charge is 2.14. The molecule has 1 amide bonds. The normalized spacial score (nSPS) is 12.6. The number of aliphatic hydroxyl groups is 2. The van der Waals surface area contributed by atoms with Crippen LogP contribution in [0.1, 0.15) is 40.8 Å². The molecule has 0 saturated carbocycles. The largest absolute Gasteiger partial charge is 0.508 e. The van der Waals surface area contributed by atoms with E-state index in [1.165, 1.54) is 6.07 Å². The fourth-order valence-corrected chi connectivity index (χ4v) is 4.13. The predicted molar refractivity (Wildman–Crippen MR) is 142 cm³/mol. The summed E-state index contributed by atoms with van der Waals surface area (Å²) in [5, 5.41) is 35.7. The van der Waals surface area contributed by atoms with Crippen molar-refractivity contribution < 1.29 is 29.6 Å². The third-order valence-electron chi connectivity index (χ3n) is 6.24. The average Bonchev–Trinajstić information content (AvgIpc) is 2.91. The number of carbonyl (C=O) groups is 1. The zero-order chi connectivity index (χ0) is 26.8. The van der Waals surface area contributed by atoms with Gasteiger partial charge in [-0.1, -0.05) is 36.4 Å². The zero-order valence-electron chi connectivity index (χ0n) is 21.5. The summed E-state index contributed by atoms with van der Waals surface area (Å²) in [6, 6.07) is 18.3. The summed E-state index contributed by atoms with van der Waals surface area (Å²) in [6.07, 6.45) is 0.259. The first-order valence-corrected chi connectivity index (χ1v) is 12.2. The van der Waals surface area contributed by atoms with E-state index in [2.05, 4.69) is 10.6 Å². The van der Waals surface area contributed by atoms with E-state index in [0.717, 1.165) is 23.1 Å². The Hall–Kier alpha value is -3.59. The number of hydrogen-bond donors (Lipinski definition) is 5. The highest BCUT2D eigenvalue weighted by molar-refractivity contribution is 5.78. The highest BCUT2D eigenvalue weighted by Crippen LogP contribution is 2.28. The van der Waals surface area contributed by atoms with Crippen molar-refractivity contribution in [1.82, 2.24) is 10.6 Å². The Kier molecular flexibility index (Phi) is 10.3. The van der Waals surface area contributed by atoms with Crippen molar-refractivity contribution in [2.24, 2.45) is 0 Å². The van der Waals surface area contributed by atoms with Gasteiger partial charge in [0.1, 0.15) is 17.2 Å². The molecule has 0 aromatic heterocycles. The van der Waals surface area contributed by atoms with Crippen LogP contribution in [0.25, 0.3) is 0 Å². The number of benzene rings is 3. The topological polar surface area (TPSA) is 120 Å². The minimum absolute atomic E-state index is 0.0114. The summed E-state index contributed by atoms with van der Waals surface area (Å²) in [6.45, 7) is 2.40. The van der Waals surface area contributed by atoms with Crippen LogP contribution in [0.3, 0.4) is 0 Å². The van der Waals surface area contributed by atoms with Crippen molar-refractivity contribution in [3.05, 3.63) is 88.5 Å². The van der Waals surface area contributed by atoms with Crippen LogP contribution in [0.15, 0.2) is 60.7 Å². The van der Waals surface area contributed by atoms with Crippen molar-refractivity contribution in [1.29, 1.82) is 0 Å². The minimum atomic E-state index is -0.759. The molecule has 8 nitrogen and oxygen atoms in total. The number of hydrogen-bond acceptors (Lipinski definition) is 7. The van der Waals surface area contributed by atoms with Crippen LogP contribution in [0.2, 0.25) is 0 Å². The molecule has 0 aliphatic heterocycles. The number of phenols is 1. The Labute approximate surface area is 217 Å². The molecule has 0 saturated heterocycles. The van der Waals surface area contributed by atoms with Crippen LogP contribution in [-0.2, 0) is 30.8 Å². The molecule has 8 heteroatoms. The summed E-state index contributed by atoms with van der Waals surface area (Å²) in [5.74, 6) is 1.25. The number of amides is 1. The minimum Gasteiger partial charge on any atom is -0.508 e. The maximum atomic E-state index is 12.5. The van der Waals surface area contributed by atoms with Crippen LogP contribution in [-0.4, -0.2) is 48.0 Å². The zero-order valence-corrected chi connectivity index (χ0v) is 21.5. The maximum absolute atomic E-state index is 12.5. The second kappa shape index (κ2) is 13.6. The van der Waals surface area contributed by atoms with Crippen molar-refractivity contribution in [2.45, 2.75) is 45.1 Å². The van der Waals surface area contributed by atoms with Crippen LogP contribution in [0.5, 0.6) is 17.2 Å². The van der Waals surface area contributed by atoms with Crippen LogP contribution in [0, 0.1) is 0 Å². The van der Waals surface area contributed by atoms with Gasteiger partial charge in [0, 0.05) is 18.2 Å². The molecular formula is C29H36N2O6. The van der Waals surface area contributed by atoms with Crippen molar-refractivity contribution in [3.8, 4) is 17.2 Å². The van der Waals surface area contributed by atoms with Crippen molar-refractivity contribution in [3.63, 3.8) is 0 Å².